The summed E-state index contributed by atoms with van der Waals surface area (Å²) in [5.74, 6) is 0.0923. The molecule has 0 aliphatic carbocycles. The second kappa shape index (κ2) is 7.15. The SMILES string of the molecule is Cc1ccc2c(c1)[C@@H](C)Oc1nc(cnc1N)-c1c(nn(C)c1C#N)OC(C)C2=O. The fraction of sp³-hybridized carbons (Fsp3) is 0.286. The molecule has 30 heavy (non-hydrogen) atoms. The number of anilines is 1. The summed E-state index contributed by atoms with van der Waals surface area (Å²) < 4.78 is 13.3. The van der Waals surface area contributed by atoms with Crippen molar-refractivity contribution in [3.63, 3.8) is 0 Å². The van der Waals surface area contributed by atoms with Gasteiger partial charge in [0.25, 0.3) is 5.88 Å². The molecule has 2 atom stereocenters. The standard InChI is InChI=1S/C21H20N6O3/c1-10-5-6-13-14(7-10)11(2)29-21-19(23)24-9-15(25-21)17-16(8-22)27(4)26-20(17)30-12(3)18(13)28/h5-7,9,11-12H,1-4H3,(H2,23,24)/t11-,12?/m1/s1. The Morgan fingerprint density at radius 3 is 2.67 bits per heavy atom. The van der Waals surface area contributed by atoms with Crippen LogP contribution < -0.4 is 15.2 Å². The van der Waals surface area contributed by atoms with E-state index in [1.54, 1.807) is 20.0 Å². The van der Waals surface area contributed by atoms with E-state index >= 15 is 0 Å². The molecule has 0 fully saturated rings. The molecule has 3 aromatic rings. The highest BCUT2D eigenvalue weighted by molar-refractivity contribution is 6.01. The van der Waals surface area contributed by atoms with Gasteiger partial charge in [-0.15, -0.1) is 5.10 Å². The number of nitrogens with zero attached hydrogens (tertiary/aromatic N) is 5. The zero-order chi connectivity index (χ0) is 21.6. The van der Waals surface area contributed by atoms with Crippen LogP contribution in [0.5, 0.6) is 11.8 Å². The minimum atomic E-state index is -0.848. The highest BCUT2D eigenvalue weighted by Gasteiger charge is 2.29. The summed E-state index contributed by atoms with van der Waals surface area (Å²) in [5, 5.41) is 13.9. The average molecular weight is 404 g/mol. The minimum Gasteiger partial charge on any atom is -0.467 e. The molecule has 0 saturated carbocycles. The van der Waals surface area contributed by atoms with Gasteiger partial charge >= 0.3 is 0 Å². The molecular formula is C21H20N6O3. The number of fused-ring (bicyclic) bond motifs is 5. The van der Waals surface area contributed by atoms with Crippen LogP contribution in [0.4, 0.5) is 5.82 Å². The monoisotopic (exact) mass is 404 g/mol. The molecule has 1 unspecified atom stereocenters. The van der Waals surface area contributed by atoms with Crippen molar-refractivity contribution in [2.24, 2.45) is 7.05 Å². The van der Waals surface area contributed by atoms with E-state index in [4.69, 9.17) is 15.2 Å². The Balaban J connectivity index is 1.98. The molecule has 0 radical (unpaired) electrons. The van der Waals surface area contributed by atoms with Crippen molar-refractivity contribution >= 4 is 11.6 Å². The predicted octanol–water partition coefficient (Wildman–Crippen LogP) is 2.74. The van der Waals surface area contributed by atoms with Crippen LogP contribution in [0, 0.1) is 18.3 Å². The summed E-state index contributed by atoms with van der Waals surface area (Å²) >= 11 is 0. The molecule has 1 aliphatic rings. The molecular weight excluding hydrogens is 384 g/mol. The number of nitrogen functional groups attached to an aromatic ring is 1. The minimum absolute atomic E-state index is 0.0985. The van der Waals surface area contributed by atoms with Crippen molar-refractivity contribution in [2.75, 3.05) is 5.73 Å². The van der Waals surface area contributed by atoms with Gasteiger partial charge in [-0.2, -0.15) is 5.26 Å². The number of hydrogen-bond acceptors (Lipinski definition) is 8. The van der Waals surface area contributed by atoms with Gasteiger partial charge in [0.15, 0.2) is 17.6 Å². The smallest absolute Gasteiger partial charge is 0.258 e. The summed E-state index contributed by atoms with van der Waals surface area (Å²) in [5.41, 5.74) is 9.00. The fourth-order valence-electron chi connectivity index (χ4n) is 3.44. The van der Waals surface area contributed by atoms with E-state index in [0.29, 0.717) is 22.4 Å². The van der Waals surface area contributed by atoms with Gasteiger partial charge in [0.05, 0.1) is 6.20 Å². The maximum Gasteiger partial charge on any atom is 0.258 e. The lowest BCUT2D eigenvalue weighted by atomic mass is 9.95. The summed E-state index contributed by atoms with van der Waals surface area (Å²) in [6.07, 6.45) is 0.0547. The molecule has 1 aliphatic heterocycles. The van der Waals surface area contributed by atoms with E-state index in [1.807, 2.05) is 26.0 Å². The lowest BCUT2D eigenvalue weighted by molar-refractivity contribution is 0.0805. The summed E-state index contributed by atoms with van der Waals surface area (Å²) in [6.45, 7) is 5.40. The molecule has 0 amide bonds. The van der Waals surface area contributed by atoms with Crippen molar-refractivity contribution < 1.29 is 14.3 Å². The maximum atomic E-state index is 13.2. The molecule has 1 aromatic carbocycles. The van der Waals surface area contributed by atoms with E-state index in [0.717, 1.165) is 5.56 Å². The average Bonchev–Trinajstić information content (AvgIpc) is 3.03. The molecule has 0 spiro atoms. The van der Waals surface area contributed by atoms with Crippen molar-refractivity contribution in [2.45, 2.75) is 33.0 Å². The molecule has 4 rings (SSSR count). The lowest BCUT2D eigenvalue weighted by Gasteiger charge is -2.21. The Hall–Kier alpha value is -3.93. The first-order chi connectivity index (χ1) is 14.3. The number of nitrogens with two attached hydrogens (primary N) is 1. The number of ketones is 1. The van der Waals surface area contributed by atoms with Crippen molar-refractivity contribution in [3.8, 4) is 29.1 Å². The number of nitriles is 1. The maximum absolute atomic E-state index is 13.2. The Labute approximate surface area is 173 Å². The highest BCUT2D eigenvalue weighted by atomic mass is 16.5. The Morgan fingerprint density at radius 2 is 1.93 bits per heavy atom. The third-order valence-electron chi connectivity index (χ3n) is 5.00. The van der Waals surface area contributed by atoms with Gasteiger partial charge in [0.2, 0.25) is 11.7 Å². The normalized spacial score (nSPS) is 18.0. The van der Waals surface area contributed by atoms with E-state index < -0.39 is 12.2 Å². The lowest BCUT2D eigenvalue weighted by Crippen LogP contribution is -2.26. The number of benzene rings is 1. The van der Waals surface area contributed by atoms with E-state index in [-0.39, 0.29) is 29.1 Å². The number of Topliss-reactive ketones (excluding diaryl/α,β-unsaturated/α-hetero) is 1. The van der Waals surface area contributed by atoms with Crippen LogP contribution >= 0.6 is 0 Å². The molecule has 2 aromatic heterocycles. The number of aryl methyl sites for hydroxylation is 2. The van der Waals surface area contributed by atoms with Crippen molar-refractivity contribution in [3.05, 3.63) is 46.8 Å². The van der Waals surface area contributed by atoms with Gasteiger partial charge in [0.1, 0.15) is 23.4 Å². The quantitative estimate of drug-likeness (QED) is 0.605. The van der Waals surface area contributed by atoms with E-state index in [2.05, 4.69) is 21.1 Å². The first kappa shape index (κ1) is 19.4. The van der Waals surface area contributed by atoms with Crippen molar-refractivity contribution in [1.82, 2.24) is 19.7 Å². The van der Waals surface area contributed by atoms with Crippen LogP contribution in [0.1, 0.15) is 47.1 Å². The van der Waals surface area contributed by atoms with E-state index in [9.17, 15) is 10.1 Å². The molecule has 3 heterocycles. The van der Waals surface area contributed by atoms with Crippen LogP contribution in [-0.2, 0) is 7.05 Å². The van der Waals surface area contributed by atoms with Crippen LogP contribution in [0.3, 0.4) is 0 Å². The third kappa shape index (κ3) is 3.12. The highest BCUT2D eigenvalue weighted by Crippen LogP contribution is 2.36. The van der Waals surface area contributed by atoms with Crippen LogP contribution in [-0.4, -0.2) is 31.6 Å². The molecule has 2 bridgehead atoms. The number of rotatable bonds is 0. The Morgan fingerprint density at radius 1 is 1.20 bits per heavy atom. The second-order valence-corrected chi connectivity index (χ2v) is 7.18. The number of carbonyl (C=O) groups is 1. The summed E-state index contributed by atoms with van der Waals surface area (Å²) in [6, 6.07) is 7.60. The van der Waals surface area contributed by atoms with Gasteiger partial charge in [-0.3, -0.25) is 9.48 Å². The molecule has 9 heteroatoms. The number of aromatic nitrogens is 4. The van der Waals surface area contributed by atoms with Crippen molar-refractivity contribution in [1.29, 1.82) is 5.26 Å². The van der Waals surface area contributed by atoms with Gasteiger partial charge in [-0.05, 0) is 20.8 Å². The van der Waals surface area contributed by atoms with Gasteiger partial charge in [0, 0.05) is 18.2 Å². The molecule has 2 N–H and O–H groups in total. The fourth-order valence-corrected chi connectivity index (χ4v) is 3.44. The summed E-state index contributed by atoms with van der Waals surface area (Å²) in [7, 11) is 1.61. The number of hydrogen-bond donors (Lipinski definition) is 1. The Bertz CT molecular complexity index is 1210. The zero-order valence-electron chi connectivity index (χ0n) is 17.0. The number of ether oxygens (including phenoxy) is 2. The third-order valence-corrected chi connectivity index (χ3v) is 5.00. The van der Waals surface area contributed by atoms with E-state index in [1.165, 1.54) is 10.9 Å². The predicted molar refractivity (Wildman–Crippen MR) is 108 cm³/mol. The Kier molecular flexibility index (Phi) is 4.62. The molecule has 152 valence electrons. The van der Waals surface area contributed by atoms with Crippen LogP contribution in [0.15, 0.2) is 24.4 Å². The van der Waals surface area contributed by atoms with Gasteiger partial charge < -0.3 is 15.2 Å². The molecule has 9 nitrogen and oxygen atoms in total. The van der Waals surface area contributed by atoms with Crippen LogP contribution in [0.2, 0.25) is 0 Å². The first-order valence-electron chi connectivity index (χ1n) is 9.38. The van der Waals surface area contributed by atoms with Crippen LogP contribution in [0.25, 0.3) is 11.3 Å². The molecule has 0 saturated heterocycles. The largest absolute Gasteiger partial charge is 0.467 e. The van der Waals surface area contributed by atoms with Gasteiger partial charge in [-0.1, -0.05) is 23.8 Å². The van der Waals surface area contributed by atoms with Gasteiger partial charge in [-0.25, -0.2) is 9.97 Å². The second-order valence-electron chi connectivity index (χ2n) is 7.18. The first-order valence-corrected chi connectivity index (χ1v) is 9.38. The summed E-state index contributed by atoms with van der Waals surface area (Å²) in [4.78, 5) is 21.9. The zero-order valence-corrected chi connectivity index (χ0v) is 17.0. The number of carbonyl (C=O) groups excluding carboxylic acids is 1. The topological polar surface area (TPSA) is 129 Å².